The molecule has 2 nitrogen and oxygen atoms in total. The minimum absolute atomic E-state index is 0.0233. The first-order chi connectivity index (χ1) is 8.84. The summed E-state index contributed by atoms with van der Waals surface area (Å²) in [4.78, 5) is 2.36. The molecule has 1 aromatic rings. The van der Waals surface area contributed by atoms with E-state index in [0.29, 0.717) is 16.5 Å². The highest BCUT2D eigenvalue weighted by molar-refractivity contribution is 6.36. The second kappa shape index (κ2) is 6.94. The van der Waals surface area contributed by atoms with Gasteiger partial charge in [0.2, 0.25) is 0 Å². The van der Waals surface area contributed by atoms with Gasteiger partial charge in [-0.1, -0.05) is 43.1 Å². The van der Waals surface area contributed by atoms with Gasteiger partial charge in [0.1, 0.15) is 0 Å². The topological polar surface area (TPSA) is 29.3 Å². The maximum absolute atomic E-state index is 6.41. The molecule has 1 aromatic carbocycles. The van der Waals surface area contributed by atoms with Crippen LogP contribution in [0.5, 0.6) is 0 Å². The fourth-order valence-corrected chi connectivity index (χ4v) is 3.02. The zero-order chi connectivity index (χ0) is 14.6. The van der Waals surface area contributed by atoms with Crippen LogP contribution in [0, 0.1) is 0 Å². The third kappa shape index (κ3) is 3.85. The molecule has 0 heterocycles. The Hall–Kier alpha value is -0.280. The molecule has 1 unspecified atom stereocenters. The van der Waals surface area contributed by atoms with Crippen LogP contribution in [-0.4, -0.2) is 29.6 Å². The average molecular weight is 303 g/mol. The van der Waals surface area contributed by atoms with Crippen molar-refractivity contribution in [2.75, 3.05) is 13.1 Å². The molecule has 4 heteroatoms. The lowest BCUT2D eigenvalue weighted by Crippen LogP contribution is -2.56. The predicted octanol–water partition coefficient (Wildman–Crippen LogP) is 3.98. The molecular formula is C15H24Cl2N2. The van der Waals surface area contributed by atoms with Crippen LogP contribution in [0.2, 0.25) is 10.0 Å². The lowest BCUT2D eigenvalue weighted by molar-refractivity contribution is 0.106. The van der Waals surface area contributed by atoms with Gasteiger partial charge in [-0.05, 0) is 51.1 Å². The molecule has 0 aromatic heterocycles. The quantitative estimate of drug-likeness (QED) is 0.861. The Kier molecular flexibility index (Phi) is 6.13. The van der Waals surface area contributed by atoms with Gasteiger partial charge in [0.15, 0.2) is 0 Å². The monoisotopic (exact) mass is 302 g/mol. The summed E-state index contributed by atoms with van der Waals surface area (Å²) in [5.74, 6) is 0. The van der Waals surface area contributed by atoms with Gasteiger partial charge in [0, 0.05) is 21.6 Å². The van der Waals surface area contributed by atoms with Crippen LogP contribution < -0.4 is 5.73 Å². The number of likely N-dealkylation sites (N-methyl/N-ethyl adjacent to an activating group) is 1. The van der Waals surface area contributed by atoms with Gasteiger partial charge in [-0.15, -0.1) is 0 Å². The van der Waals surface area contributed by atoms with Crippen LogP contribution in [0.1, 0.15) is 33.3 Å². The number of nitrogens with two attached hydrogens (primary N) is 1. The van der Waals surface area contributed by atoms with E-state index in [1.807, 2.05) is 18.2 Å². The molecule has 1 rings (SSSR count). The molecule has 0 radical (unpaired) electrons. The summed E-state index contributed by atoms with van der Waals surface area (Å²) in [5, 5.41) is 1.39. The Morgan fingerprint density at radius 3 is 2.05 bits per heavy atom. The summed E-state index contributed by atoms with van der Waals surface area (Å²) in [5.41, 5.74) is 7.27. The van der Waals surface area contributed by atoms with Gasteiger partial charge in [-0.2, -0.15) is 0 Å². The highest BCUT2D eigenvalue weighted by atomic mass is 35.5. The van der Waals surface area contributed by atoms with E-state index in [2.05, 4.69) is 32.6 Å². The first-order valence-electron chi connectivity index (χ1n) is 6.78. The standard InChI is InChI=1S/C15H24Cl2N2/c1-5-19(6-2)15(3,4)14(18)10-11-12(16)8-7-9-13(11)17/h7-9,14H,5-6,10,18H2,1-4H3. The zero-order valence-electron chi connectivity index (χ0n) is 12.2. The van der Waals surface area contributed by atoms with Crippen molar-refractivity contribution in [2.45, 2.75) is 45.7 Å². The van der Waals surface area contributed by atoms with Crippen molar-refractivity contribution in [1.82, 2.24) is 4.90 Å². The molecule has 0 aliphatic rings. The number of halogens is 2. The van der Waals surface area contributed by atoms with E-state index in [9.17, 15) is 0 Å². The molecule has 0 saturated heterocycles. The molecule has 2 N–H and O–H groups in total. The highest BCUT2D eigenvalue weighted by Gasteiger charge is 2.32. The van der Waals surface area contributed by atoms with Crippen molar-refractivity contribution in [1.29, 1.82) is 0 Å². The number of nitrogens with zero attached hydrogens (tertiary/aromatic N) is 1. The number of hydrogen-bond donors (Lipinski definition) is 1. The molecule has 19 heavy (non-hydrogen) atoms. The van der Waals surface area contributed by atoms with E-state index >= 15 is 0 Å². The highest BCUT2D eigenvalue weighted by Crippen LogP contribution is 2.28. The summed E-state index contributed by atoms with van der Waals surface area (Å²) in [6.45, 7) is 10.6. The van der Waals surface area contributed by atoms with Crippen molar-refractivity contribution >= 4 is 23.2 Å². The van der Waals surface area contributed by atoms with Crippen LogP contribution in [0.15, 0.2) is 18.2 Å². The van der Waals surface area contributed by atoms with Gasteiger partial charge in [-0.25, -0.2) is 0 Å². The van der Waals surface area contributed by atoms with E-state index in [4.69, 9.17) is 28.9 Å². The smallest absolute Gasteiger partial charge is 0.0453 e. The summed E-state index contributed by atoms with van der Waals surface area (Å²) in [7, 11) is 0. The van der Waals surface area contributed by atoms with Crippen LogP contribution in [0.3, 0.4) is 0 Å². The first kappa shape index (κ1) is 16.8. The molecule has 0 amide bonds. The minimum Gasteiger partial charge on any atom is -0.326 e. The van der Waals surface area contributed by atoms with Crippen LogP contribution in [-0.2, 0) is 6.42 Å². The predicted molar refractivity (Wildman–Crippen MR) is 85.1 cm³/mol. The Morgan fingerprint density at radius 2 is 1.63 bits per heavy atom. The van der Waals surface area contributed by atoms with Crippen molar-refractivity contribution in [2.24, 2.45) is 5.73 Å². The van der Waals surface area contributed by atoms with E-state index in [1.165, 1.54) is 0 Å². The van der Waals surface area contributed by atoms with Crippen molar-refractivity contribution in [3.05, 3.63) is 33.8 Å². The van der Waals surface area contributed by atoms with Crippen LogP contribution in [0.4, 0.5) is 0 Å². The van der Waals surface area contributed by atoms with Crippen molar-refractivity contribution in [3.8, 4) is 0 Å². The van der Waals surface area contributed by atoms with E-state index in [1.54, 1.807) is 0 Å². The summed E-state index contributed by atoms with van der Waals surface area (Å²) in [6, 6.07) is 5.56. The zero-order valence-corrected chi connectivity index (χ0v) is 13.7. The Morgan fingerprint density at radius 1 is 1.16 bits per heavy atom. The van der Waals surface area contributed by atoms with E-state index < -0.39 is 0 Å². The van der Waals surface area contributed by atoms with Gasteiger partial charge >= 0.3 is 0 Å². The van der Waals surface area contributed by atoms with Crippen molar-refractivity contribution in [3.63, 3.8) is 0 Å². The summed E-state index contributed by atoms with van der Waals surface area (Å²) >= 11 is 12.4. The molecule has 1 atom stereocenters. The molecule has 0 saturated carbocycles. The molecule has 0 bridgehead atoms. The summed E-state index contributed by atoms with van der Waals surface area (Å²) in [6.07, 6.45) is 0.683. The minimum atomic E-state index is -0.0913. The summed E-state index contributed by atoms with van der Waals surface area (Å²) < 4.78 is 0. The molecule has 0 aliphatic heterocycles. The lowest BCUT2D eigenvalue weighted by atomic mass is 9.88. The number of rotatable bonds is 6. The molecule has 0 aliphatic carbocycles. The number of benzene rings is 1. The average Bonchev–Trinajstić information content (AvgIpc) is 2.34. The third-order valence-corrected chi connectivity index (χ3v) is 4.68. The molecule has 0 fully saturated rings. The van der Waals surface area contributed by atoms with Gasteiger partial charge in [-0.3, -0.25) is 4.90 Å². The van der Waals surface area contributed by atoms with Gasteiger partial charge < -0.3 is 5.73 Å². The third-order valence-electron chi connectivity index (χ3n) is 3.97. The van der Waals surface area contributed by atoms with Crippen LogP contribution >= 0.6 is 23.2 Å². The second-order valence-corrected chi connectivity index (χ2v) is 6.15. The maximum atomic E-state index is 6.41. The Labute approximate surface area is 126 Å². The first-order valence-corrected chi connectivity index (χ1v) is 7.53. The van der Waals surface area contributed by atoms with Crippen LogP contribution in [0.25, 0.3) is 0 Å². The molecule has 0 spiro atoms. The Bertz CT molecular complexity index is 394. The fraction of sp³-hybridized carbons (Fsp3) is 0.600. The largest absolute Gasteiger partial charge is 0.326 e. The molecule has 108 valence electrons. The maximum Gasteiger partial charge on any atom is 0.0453 e. The molecular weight excluding hydrogens is 279 g/mol. The normalized spacial score (nSPS) is 13.9. The number of hydrogen-bond acceptors (Lipinski definition) is 2. The second-order valence-electron chi connectivity index (χ2n) is 5.34. The van der Waals surface area contributed by atoms with Gasteiger partial charge in [0.05, 0.1) is 0 Å². The van der Waals surface area contributed by atoms with Crippen molar-refractivity contribution < 1.29 is 0 Å². The SMILES string of the molecule is CCN(CC)C(C)(C)C(N)Cc1c(Cl)cccc1Cl. The van der Waals surface area contributed by atoms with E-state index in [-0.39, 0.29) is 11.6 Å². The fourth-order valence-electron chi connectivity index (χ4n) is 2.47. The lowest BCUT2D eigenvalue weighted by Gasteiger charge is -2.42. The van der Waals surface area contributed by atoms with Gasteiger partial charge in [0.25, 0.3) is 0 Å². The van der Waals surface area contributed by atoms with E-state index in [0.717, 1.165) is 18.7 Å². The Balaban J connectivity index is 2.93.